The maximum absolute atomic E-state index is 11.6. The molecule has 2 fully saturated rings. The highest BCUT2D eigenvalue weighted by Crippen LogP contribution is 2.34. The van der Waals surface area contributed by atoms with Crippen LogP contribution in [0.3, 0.4) is 0 Å². The Morgan fingerprint density at radius 2 is 2.07 bits per heavy atom. The molecule has 2 aliphatic heterocycles. The summed E-state index contributed by atoms with van der Waals surface area (Å²) < 4.78 is 36.5. The van der Waals surface area contributed by atoms with E-state index in [0.717, 1.165) is 5.69 Å². The first-order chi connectivity index (χ1) is 13.3. The number of hydrogen-bond acceptors (Lipinski definition) is 9. The van der Waals surface area contributed by atoms with Crippen LogP contribution in [0.2, 0.25) is 5.02 Å². The van der Waals surface area contributed by atoms with Crippen LogP contribution in [0, 0.1) is 5.92 Å². The largest absolute Gasteiger partial charge is 0.373 e. The van der Waals surface area contributed by atoms with Gasteiger partial charge in [-0.15, -0.1) is 0 Å². The Morgan fingerprint density at radius 1 is 1.29 bits per heavy atom. The summed E-state index contributed by atoms with van der Waals surface area (Å²) in [5, 5.41) is 10.8. The first kappa shape index (κ1) is 19.4. The van der Waals surface area contributed by atoms with Crippen molar-refractivity contribution in [2.75, 3.05) is 35.9 Å². The second kappa shape index (κ2) is 7.47. The topological polar surface area (TPSA) is 120 Å². The van der Waals surface area contributed by atoms with Crippen LogP contribution in [0.4, 0.5) is 17.5 Å². The zero-order chi connectivity index (χ0) is 19.9. The van der Waals surface area contributed by atoms with Crippen molar-refractivity contribution < 1.29 is 17.9 Å². The smallest absolute Gasteiger partial charge is 0.229 e. The molecule has 2 aliphatic rings. The minimum Gasteiger partial charge on any atom is -0.373 e. The van der Waals surface area contributed by atoms with Gasteiger partial charge in [-0.1, -0.05) is 11.6 Å². The molecule has 4 heterocycles. The molecule has 2 saturated heterocycles. The van der Waals surface area contributed by atoms with Gasteiger partial charge in [0.1, 0.15) is 21.0 Å². The van der Waals surface area contributed by atoms with Crippen LogP contribution in [0.1, 0.15) is 0 Å². The molecule has 0 spiro atoms. The molecule has 4 atom stereocenters. The van der Waals surface area contributed by atoms with Crippen molar-refractivity contribution >= 4 is 38.9 Å². The van der Waals surface area contributed by atoms with Crippen molar-refractivity contribution in [2.45, 2.75) is 18.2 Å². The van der Waals surface area contributed by atoms with Crippen LogP contribution >= 0.6 is 11.6 Å². The minimum atomic E-state index is -3.10. The van der Waals surface area contributed by atoms with E-state index in [0.29, 0.717) is 30.0 Å². The second-order valence-corrected chi connectivity index (χ2v) is 9.71. The second-order valence-electron chi connectivity index (χ2n) is 7.12. The average molecular weight is 429 g/mol. The molecule has 4 unspecified atom stereocenters. The van der Waals surface area contributed by atoms with Crippen molar-refractivity contribution in [2.24, 2.45) is 13.0 Å². The van der Waals surface area contributed by atoms with Gasteiger partial charge < -0.3 is 20.1 Å². The van der Waals surface area contributed by atoms with Gasteiger partial charge in [0.15, 0.2) is 5.82 Å². The standard InChI is InChI=1S/C16H21ClN6O4S/c1-23-5-10(3-19-23)20-16-18-4-11(17)15(22-16)21-12-7-27-13-9(6-26-14(12)13)8-28(2,24)25/h3-5,9,12-14H,6-8H2,1-2H3,(H2,18,20,21,22). The molecule has 0 amide bonds. The third-order valence-corrected chi connectivity index (χ3v) is 6.01. The highest BCUT2D eigenvalue weighted by atomic mass is 35.5. The van der Waals surface area contributed by atoms with E-state index in [4.69, 9.17) is 21.1 Å². The summed E-state index contributed by atoms with van der Waals surface area (Å²) in [6.07, 6.45) is 5.67. The molecule has 10 nitrogen and oxygen atoms in total. The van der Waals surface area contributed by atoms with E-state index in [1.54, 1.807) is 17.1 Å². The van der Waals surface area contributed by atoms with Crippen molar-refractivity contribution in [3.05, 3.63) is 23.6 Å². The average Bonchev–Trinajstić information content (AvgIpc) is 3.29. The number of rotatable bonds is 6. The lowest BCUT2D eigenvalue weighted by Gasteiger charge is -2.19. The molecule has 2 aromatic heterocycles. The molecule has 152 valence electrons. The minimum absolute atomic E-state index is 0.0499. The SMILES string of the molecule is Cn1cc(Nc2ncc(Cl)c(NC3COC4C(CS(C)(=O)=O)COC34)n2)cn1. The fourth-order valence-electron chi connectivity index (χ4n) is 3.55. The number of halogens is 1. The summed E-state index contributed by atoms with van der Waals surface area (Å²) in [5.41, 5.74) is 0.753. The van der Waals surface area contributed by atoms with Crippen molar-refractivity contribution in [3.8, 4) is 0 Å². The Kier molecular flexibility index (Phi) is 5.17. The molecule has 2 aromatic rings. The summed E-state index contributed by atoms with van der Waals surface area (Å²) in [6.45, 7) is 0.729. The van der Waals surface area contributed by atoms with Crippen molar-refractivity contribution in [3.63, 3.8) is 0 Å². The molecule has 2 N–H and O–H groups in total. The Bertz CT molecular complexity index is 968. The zero-order valence-electron chi connectivity index (χ0n) is 15.4. The van der Waals surface area contributed by atoms with Gasteiger partial charge in [0.05, 0.1) is 49.2 Å². The fraction of sp³-hybridized carbons (Fsp3) is 0.562. The number of aryl methyl sites for hydroxylation is 1. The van der Waals surface area contributed by atoms with Crippen molar-refractivity contribution in [1.82, 2.24) is 19.7 Å². The van der Waals surface area contributed by atoms with Gasteiger partial charge in [-0.3, -0.25) is 4.68 Å². The molecule has 4 rings (SSSR count). The predicted octanol–water partition coefficient (Wildman–Crippen LogP) is 0.846. The van der Waals surface area contributed by atoms with E-state index < -0.39 is 9.84 Å². The fourth-order valence-corrected chi connectivity index (χ4v) is 4.76. The molecule has 28 heavy (non-hydrogen) atoms. The summed E-state index contributed by atoms with van der Waals surface area (Å²) >= 11 is 6.25. The van der Waals surface area contributed by atoms with Crippen LogP contribution in [0.5, 0.6) is 0 Å². The lowest BCUT2D eigenvalue weighted by molar-refractivity contribution is 0.0656. The lowest BCUT2D eigenvalue weighted by atomic mass is 10.0. The zero-order valence-corrected chi connectivity index (χ0v) is 16.9. The Labute approximate surface area is 167 Å². The van der Waals surface area contributed by atoms with Gasteiger partial charge in [-0.2, -0.15) is 10.1 Å². The van der Waals surface area contributed by atoms with Crippen molar-refractivity contribution in [1.29, 1.82) is 0 Å². The van der Waals surface area contributed by atoms with Crippen LogP contribution < -0.4 is 10.6 Å². The van der Waals surface area contributed by atoms with Crippen LogP contribution in [-0.2, 0) is 26.4 Å². The number of nitrogens with one attached hydrogen (secondary N) is 2. The number of ether oxygens (including phenoxy) is 2. The van der Waals surface area contributed by atoms with Gasteiger partial charge in [0.2, 0.25) is 5.95 Å². The first-order valence-corrected chi connectivity index (χ1v) is 11.2. The summed E-state index contributed by atoms with van der Waals surface area (Å²) in [4.78, 5) is 8.60. The van der Waals surface area contributed by atoms with Gasteiger partial charge in [-0.05, 0) is 0 Å². The quantitative estimate of drug-likeness (QED) is 0.689. The highest BCUT2D eigenvalue weighted by Gasteiger charge is 2.48. The Balaban J connectivity index is 1.45. The van der Waals surface area contributed by atoms with Crippen LogP contribution in [-0.4, -0.2) is 71.6 Å². The predicted molar refractivity (Wildman–Crippen MR) is 104 cm³/mol. The number of anilines is 3. The van der Waals surface area contributed by atoms with Gasteiger partial charge >= 0.3 is 0 Å². The molecular formula is C16H21ClN6O4S. The number of hydrogen-bond donors (Lipinski definition) is 2. The Morgan fingerprint density at radius 3 is 2.79 bits per heavy atom. The first-order valence-electron chi connectivity index (χ1n) is 8.74. The summed E-state index contributed by atoms with van der Waals surface area (Å²) in [5.74, 6) is 0.703. The molecule has 12 heteroatoms. The van der Waals surface area contributed by atoms with Crippen LogP contribution in [0.25, 0.3) is 0 Å². The van der Waals surface area contributed by atoms with Gasteiger partial charge in [0.25, 0.3) is 0 Å². The van der Waals surface area contributed by atoms with E-state index >= 15 is 0 Å². The van der Waals surface area contributed by atoms with E-state index in [1.165, 1.54) is 12.5 Å². The number of nitrogens with zero attached hydrogens (tertiary/aromatic N) is 4. The third-order valence-electron chi connectivity index (χ3n) is 4.70. The molecular weight excluding hydrogens is 408 g/mol. The van der Waals surface area contributed by atoms with E-state index in [9.17, 15) is 8.42 Å². The number of sulfone groups is 1. The van der Waals surface area contributed by atoms with E-state index in [2.05, 4.69) is 25.7 Å². The third kappa shape index (κ3) is 4.22. The number of aromatic nitrogens is 4. The normalized spacial score (nSPS) is 27.0. The monoisotopic (exact) mass is 428 g/mol. The van der Waals surface area contributed by atoms with Crippen LogP contribution in [0.15, 0.2) is 18.6 Å². The molecule has 0 aromatic carbocycles. The molecule has 0 bridgehead atoms. The van der Waals surface area contributed by atoms with E-state index in [1.807, 2.05) is 7.05 Å². The van der Waals surface area contributed by atoms with Gasteiger partial charge in [-0.25, -0.2) is 13.4 Å². The number of fused-ring (bicyclic) bond motifs is 1. The van der Waals surface area contributed by atoms with Gasteiger partial charge in [0, 0.05) is 25.4 Å². The Hall–Kier alpha value is -1.95. The summed E-state index contributed by atoms with van der Waals surface area (Å²) in [7, 11) is -1.28. The summed E-state index contributed by atoms with van der Waals surface area (Å²) in [6, 6.07) is -0.187. The maximum atomic E-state index is 11.6. The molecule has 0 aliphatic carbocycles. The maximum Gasteiger partial charge on any atom is 0.229 e. The molecule has 0 radical (unpaired) electrons. The highest BCUT2D eigenvalue weighted by molar-refractivity contribution is 7.90. The lowest BCUT2D eigenvalue weighted by Crippen LogP contribution is -2.36. The van der Waals surface area contributed by atoms with E-state index in [-0.39, 0.29) is 29.9 Å². The molecule has 0 saturated carbocycles.